The van der Waals surface area contributed by atoms with E-state index in [4.69, 9.17) is 4.98 Å². The van der Waals surface area contributed by atoms with Gasteiger partial charge in [-0.05, 0) is 57.1 Å². The van der Waals surface area contributed by atoms with E-state index in [-0.39, 0.29) is 0 Å². The molecule has 0 unspecified atom stereocenters. The molecule has 100 valence electrons. The number of rotatable bonds is 3. The summed E-state index contributed by atoms with van der Waals surface area (Å²) in [6.07, 6.45) is 6.29. The van der Waals surface area contributed by atoms with E-state index in [9.17, 15) is 0 Å². The SMILES string of the molecule is CC(C)Nc1cc(C(C)C)nc2c1CCCCC2. The average molecular weight is 246 g/mol. The lowest BCUT2D eigenvalue weighted by molar-refractivity contribution is 0.706. The summed E-state index contributed by atoms with van der Waals surface area (Å²) in [5, 5.41) is 3.62. The maximum Gasteiger partial charge on any atom is 0.0459 e. The average Bonchev–Trinajstić information content (AvgIpc) is 2.53. The van der Waals surface area contributed by atoms with Gasteiger partial charge in [0.2, 0.25) is 0 Å². The second-order valence-electron chi connectivity index (χ2n) is 6.03. The van der Waals surface area contributed by atoms with Crippen molar-refractivity contribution in [3.05, 3.63) is 23.0 Å². The third-order valence-electron chi connectivity index (χ3n) is 3.61. The lowest BCUT2D eigenvalue weighted by atomic mass is 10.0. The number of pyridine rings is 1. The summed E-state index contributed by atoms with van der Waals surface area (Å²) in [4.78, 5) is 4.90. The first-order valence-electron chi connectivity index (χ1n) is 7.37. The molecule has 1 aromatic rings. The Hall–Kier alpha value is -1.05. The number of aromatic nitrogens is 1. The van der Waals surface area contributed by atoms with Crippen LogP contribution in [0.5, 0.6) is 0 Å². The Bertz CT molecular complexity index is 408. The molecule has 1 aliphatic rings. The minimum Gasteiger partial charge on any atom is -0.383 e. The molecule has 2 nitrogen and oxygen atoms in total. The molecule has 1 heterocycles. The zero-order valence-corrected chi connectivity index (χ0v) is 12.2. The molecule has 0 saturated heterocycles. The van der Waals surface area contributed by atoms with Crippen molar-refractivity contribution in [3.63, 3.8) is 0 Å². The van der Waals surface area contributed by atoms with Gasteiger partial charge in [-0.2, -0.15) is 0 Å². The standard InChI is InChI=1S/C16H26N2/c1-11(2)15-10-16(17-12(3)4)13-8-6-5-7-9-14(13)18-15/h10-12H,5-9H2,1-4H3,(H,17,18). The number of fused-ring (bicyclic) bond motifs is 1. The van der Waals surface area contributed by atoms with E-state index >= 15 is 0 Å². The lowest BCUT2D eigenvalue weighted by Crippen LogP contribution is -2.14. The number of nitrogens with one attached hydrogen (secondary N) is 1. The van der Waals surface area contributed by atoms with Gasteiger partial charge in [0, 0.05) is 23.1 Å². The second kappa shape index (κ2) is 5.73. The summed E-state index contributed by atoms with van der Waals surface area (Å²) in [6.45, 7) is 8.87. The number of nitrogens with zero attached hydrogens (tertiary/aromatic N) is 1. The highest BCUT2D eigenvalue weighted by Gasteiger charge is 2.16. The molecule has 0 saturated carbocycles. The van der Waals surface area contributed by atoms with Gasteiger partial charge < -0.3 is 5.32 Å². The molecule has 0 fully saturated rings. The maximum atomic E-state index is 4.90. The highest BCUT2D eigenvalue weighted by molar-refractivity contribution is 5.55. The minimum atomic E-state index is 0.486. The molecule has 2 heteroatoms. The van der Waals surface area contributed by atoms with Gasteiger partial charge in [0.1, 0.15) is 0 Å². The summed E-state index contributed by atoms with van der Waals surface area (Å²) < 4.78 is 0. The topological polar surface area (TPSA) is 24.9 Å². The first-order chi connectivity index (χ1) is 8.58. The van der Waals surface area contributed by atoms with Gasteiger partial charge in [-0.3, -0.25) is 4.98 Å². The van der Waals surface area contributed by atoms with E-state index in [1.165, 1.54) is 48.3 Å². The largest absolute Gasteiger partial charge is 0.383 e. The highest BCUT2D eigenvalue weighted by Crippen LogP contribution is 2.29. The van der Waals surface area contributed by atoms with Gasteiger partial charge in [-0.15, -0.1) is 0 Å². The van der Waals surface area contributed by atoms with E-state index in [0.29, 0.717) is 12.0 Å². The predicted molar refractivity (Wildman–Crippen MR) is 78.3 cm³/mol. The number of hydrogen-bond acceptors (Lipinski definition) is 2. The molecular formula is C16H26N2. The fourth-order valence-corrected chi connectivity index (χ4v) is 2.64. The third kappa shape index (κ3) is 3.04. The Labute approximate surface area is 111 Å². The zero-order chi connectivity index (χ0) is 13.1. The van der Waals surface area contributed by atoms with Crippen molar-refractivity contribution in [2.75, 3.05) is 5.32 Å². The Morgan fingerprint density at radius 1 is 1.06 bits per heavy atom. The van der Waals surface area contributed by atoms with Crippen LogP contribution in [-0.4, -0.2) is 11.0 Å². The van der Waals surface area contributed by atoms with Gasteiger partial charge in [-0.1, -0.05) is 20.3 Å². The summed E-state index contributed by atoms with van der Waals surface area (Å²) in [5.41, 5.74) is 5.40. The van der Waals surface area contributed by atoms with E-state index < -0.39 is 0 Å². The smallest absolute Gasteiger partial charge is 0.0459 e. The summed E-state index contributed by atoms with van der Waals surface area (Å²) in [6, 6.07) is 2.76. The Balaban J connectivity index is 2.43. The van der Waals surface area contributed by atoms with Crippen molar-refractivity contribution in [2.24, 2.45) is 0 Å². The van der Waals surface area contributed by atoms with Crippen LogP contribution in [0.2, 0.25) is 0 Å². The molecule has 0 aliphatic heterocycles. The zero-order valence-electron chi connectivity index (χ0n) is 12.2. The molecule has 0 atom stereocenters. The number of hydrogen-bond donors (Lipinski definition) is 1. The molecule has 0 spiro atoms. The molecule has 0 radical (unpaired) electrons. The van der Waals surface area contributed by atoms with Crippen LogP contribution in [0, 0.1) is 0 Å². The Morgan fingerprint density at radius 2 is 1.78 bits per heavy atom. The van der Waals surface area contributed by atoms with Crippen LogP contribution in [0.1, 0.15) is 69.8 Å². The summed E-state index contributed by atoms with van der Waals surface area (Å²) in [7, 11) is 0. The van der Waals surface area contributed by atoms with Crippen LogP contribution >= 0.6 is 0 Å². The van der Waals surface area contributed by atoms with Crippen molar-refractivity contribution in [1.29, 1.82) is 0 Å². The molecule has 0 bridgehead atoms. The Morgan fingerprint density at radius 3 is 2.44 bits per heavy atom. The van der Waals surface area contributed by atoms with Gasteiger partial charge in [0.25, 0.3) is 0 Å². The fraction of sp³-hybridized carbons (Fsp3) is 0.688. The van der Waals surface area contributed by atoms with E-state index in [1.54, 1.807) is 0 Å². The molecule has 1 aliphatic carbocycles. The lowest BCUT2D eigenvalue weighted by Gasteiger charge is -2.19. The van der Waals surface area contributed by atoms with Gasteiger partial charge in [0.15, 0.2) is 0 Å². The monoisotopic (exact) mass is 246 g/mol. The van der Waals surface area contributed by atoms with E-state index in [2.05, 4.69) is 39.1 Å². The molecule has 0 amide bonds. The van der Waals surface area contributed by atoms with Crippen molar-refractivity contribution < 1.29 is 0 Å². The minimum absolute atomic E-state index is 0.486. The fourth-order valence-electron chi connectivity index (χ4n) is 2.64. The molecule has 1 N–H and O–H groups in total. The number of anilines is 1. The Kier molecular flexibility index (Phi) is 4.26. The first-order valence-corrected chi connectivity index (χ1v) is 7.37. The number of aryl methyl sites for hydroxylation is 1. The first kappa shape index (κ1) is 13.4. The predicted octanol–water partition coefficient (Wildman–Crippen LogP) is 4.29. The summed E-state index contributed by atoms with van der Waals surface area (Å²) in [5.74, 6) is 0.506. The van der Waals surface area contributed by atoms with Crippen molar-refractivity contribution in [2.45, 2.75) is 71.8 Å². The highest BCUT2D eigenvalue weighted by atomic mass is 14.9. The molecule has 1 aromatic heterocycles. The van der Waals surface area contributed by atoms with E-state index in [0.717, 1.165) is 6.42 Å². The van der Waals surface area contributed by atoms with Crippen LogP contribution < -0.4 is 5.32 Å². The van der Waals surface area contributed by atoms with Gasteiger partial charge in [-0.25, -0.2) is 0 Å². The second-order valence-corrected chi connectivity index (χ2v) is 6.03. The van der Waals surface area contributed by atoms with Crippen LogP contribution in [0.4, 0.5) is 5.69 Å². The summed E-state index contributed by atoms with van der Waals surface area (Å²) >= 11 is 0. The maximum absolute atomic E-state index is 4.90. The van der Waals surface area contributed by atoms with Crippen LogP contribution in [-0.2, 0) is 12.8 Å². The van der Waals surface area contributed by atoms with Crippen LogP contribution in [0.15, 0.2) is 6.07 Å². The van der Waals surface area contributed by atoms with Crippen molar-refractivity contribution in [1.82, 2.24) is 4.98 Å². The molecule has 18 heavy (non-hydrogen) atoms. The molecule has 0 aromatic carbocycles. The van der Waals surface area contributed by atoms with Crippen LogP contribution in [0.25, 0.3) is 0 Å². The van der Waals surface area contributed by atoms with Crippen molar-refractivity contribution >= 4 is 5.69 Å². The third-order valence-corrected chi connectivity index (χ3v) is 3.61. The van der Waals surface area contributed by atoms with Gasteiger partial charge >= 0.3 is 0 Å². The normalized spacial score (nSPS) is 15.7. The molecule has 2 rings (SSSR count). The van der Waals surface area contributed by atoms with Gasteiger partial charge in [0.05, 0.1) is 0 Å². The quantitative estimate of drug-likeness (QED) is 0.805. The van der Waals surface area contributed by atoms with E-state index in [1.807, 2.05) is 0 Å². The van der Waals surface area contributed by atoms with Crippen molar-refractivity contribution in [3.8, 4) is 0 Å². The molecular weight excluding hydrogens is 220 g/mol. The van der Waals surface area contributed by atoms with Crippen LogP contribution in [0.3, 0.4) is 0 Å².